The van der Waals surface area contributed by atoms with Gasteiger partial charge in [-0.1, -0.05) is 25.6 Å². The molecule has 1 aromatic carbocycles. The third-order valence-electron chi connectivity index (χ3n) is 1.79. The van der Waals surface area contributed by atoms with Gasteiger partial charge in [-0.2, -0.15) is 0 Å². The van der Waals surface area contributed by atoms with Gasteiger partial charge >= 0.3 is 0 Å². The van der Waals surface area contributed by atoms with Crippen LogP contribution >= 0.6 is 0 Å². The van der Waals surface area contributed by atoms with Crippen LogP contribution in [-0.2, 0) is 4.79 Å². The SMILES string of the molecule is C[Si](C)(C)C#Cc1ccc(OCC(=O)[O-])cc1. The van der Waals surface area contributed by atoms with Gasteiger partial charge in [0.15, 0.2) is 0 Å². The molecule has 4 heteroatoms. The van der Waals surface area contributed by atoms with Gasteiger partial charge in [0.2, 0.25) is 0 Å². The first kappa shape index (κ1) is 13.3. The summed E-state index contributed by atoms with van der Waals surface area (Å²) in [4.78, 5) is 10.2. The summed E-state index contributed by atoms with van der Waals surface area (Å²) in [5, 5.41) is 10.2. The van der Waals surface area contributed by atoms with Crippen LogP contribution in [0.3, 0.4) is 0 Å². The molecule has 0 aliphatic rings. The predicted octanol–water partition coefficient (Wildman–Crippen LogP) is 1.04. The number of carbonyl (C=O) groups is 1. The van der Waals surface area contributed by atoms with E-state index in [0.29, 0.717) is 5.75 Å². The van der Waals surface area contributed by atoms with Gasteiger partial charge in [-0.25, -0.2) is 0 Å². The Morgan fingerprint density at radius 2 is 1.88 bits per heavy atom. The van der Waals surface area contributed by atoms with E-state index in [2.05, 4.69) is 31.1 Å². The minimum atomic E-state index is -1.36. The summed E-state index contributed by atoms with van der Waals surface area (Å²) in [6, 6.07) is 7.05. The van der Waals surface area contributed by atoms with E-state index in [1.54, 1.807) is 12.1 Å². The molecular formula is C13H15O3Si-. The van der Waals surface area contributed by atoms with Gasteiger partial charge in [0.1, 0.15) is 20.4 Å². The van der Waals surface area contributed by atoms with Crippen LogP contribution in [-0.4, -0.2) is 20.7 Å². The van der Waals surface area contributed by atoms with Crippen LogP contribution in [0.25, 0.3) is 0 Å². The van der Waals surface area contributed by atoms with Crippen LogP contribution in [0, 0.1) is 11.5 Å². The minimum absolute atomic E-state index is 0.431. The van der Waals surface area contributed by atoms with E-state index in [0.717, 1.165) is 5.56 Å². The van der Waals surface area contributed by atoms with Gasteiger partial charge in [0.25, 0.3) is 0 Å². The summed E-state index contributed by atoms with van der Waals surface area (Å²) in [7, 11) is -1.36. The number of carboxylic acid groups (broad SMARTS) is 1. The largest absolute Gasteiger partial charge is 0.546 e. The van der Waals surface area contributed by atoms with Crippen LogP contribution in [0.4, 0.5) is 0 Å². The van der Waals surface area contributed by atoms with E-state index < -0.39 is 20.7 Å². The van der Waals surface area contributed by atoms with Crippen molar-refractivity contribution in [3.05, 3.63) is 29.8 Å². The zero-order valence-corrected chi connectivity index (χ0v) is 11.2. The maximum absolute atomic E-state index is 10.2. The van der Waals surface area contributed by atoms with E-state index in [9.17, 15) is 9.90 Å². The first-order valence-electron chi connectivity index (χ1n) is 5.33. The molecule has 0 saturated heterocycles. The second-order valence-corrected chi connectivity index (χ2v) is 9.44. The molecule has 0 fully saturated rings. The number of carbonyl (C=O) groups excluding carboxylic acids is 1. The zero-order chi connectivity index (χ0) is 12.9. The minimum Gasteiger partial charge on any atom is -0.546 e. The van der Waals surface area contributed by atoms with E-state index in [-0.39, 0.29) is 0 Å². The van der Waals surface area contributed by atoms with Crippen molar-refractivity contribution in [2.45, 2.75) is 19.6 Å². The summed E-state index contributed by atoms with van der Waals surface area (Å²) in [6.45, 7) is 6.10. The molecule has 1 aromatic rings. The first-order valence-corrected chi connectivity index (χ1v) is 8.83. The van der Waals surface area contributed by atoms with Crippen LogP contribution in [0.15, 0.2) is 24.3 Å². The maximum Gasteiger partial charge on any atom is 0.129 e. The molecule has 0 atom stereocenters. The third-order valence-corrected chi connectivity index (χ3v) is 2.67. The van der Waals surface area contributed by atoms with Crippen molar-refractivity contribution in [1.29, 1.82) is 0 Å². The lowest BCUT2D eigenvalue weighted by atomic mass is 10.2. The average molecular weight is 247 g/mol. The lowest BCUT2D eigenvalue weighted by Crippen LogP contribution is -2.28. The van der Waals surface area contributed by atoms with E-state index >= 15 is 0 Å². The van der Waals surface area contributed by atoms with Gasteiger partial charge in [0, 0.05) is 5.56 Å². The molecule has 0 bridgehead atoms. The van der Waals surface area contributed by atoms with Crippen LogP contribution in [0.5, 0.6) is 5.75 Å². The smallest absolute Gasteiger partial charge is 0.129 e. The number of ether oxygens (including phenoxy) is 1. The Kier molecular flexibility index (Phi) is 4.35. The molecule has 0 N–H and O–H groups in total. The standard InChI is InChI=1S/C13H16O3Si/c1-17(2,3)9-8-11-4-6-12(7-5-11)16-10-13(14)15/h4-7H,10H2,1-3H3,(H,14,15)/p-1. The summed E-state index contributed by atoms with van der Waals surface area (Å²) in [5.74, 6) is 2.38. The van der Waals surface area contributed by atoms with Crippen molar-refractivity contribution in [2.75, 3.05) is 6.61 Å². The van der Waals surface area contributed by atoms with Crippen molar-refractivity contribution in [2.24, 2.45) is 0 Å². The Bertz CT molecular complexity index is 446. The molecule has 0 aromatic heterocycles. The number of benzene rings is 1. The first-order chi connectivity index (χ1) is 7.87. The summed E-state index contributed by atoms with van der Waals surface area (Å²) in [6.07, 6.45) is 0. The van der Waals surface area contributed by atoms with Crippen molar-refractivity contribution in [3.8, 4) is 17.2 Å². The fourth-order valence-electron chi connectivity index (χ4n) is 1.04. The highest BCUT2D eigenvalue weighted by Gasteiger charge is 2.07. The molecule has 0 radical (unpaired) electrons. The Labute approximate surface area is 102 Å². The molecule has 0 amide bonds. The molecular weight excluding hydrogens is 232 g/mol. The maximum atomic E-state index is 10.2. The van der Waals surface area contributed by atoms with Crippen molar-refractivity contribution < 1.29 is 14.6 Å². The number of rotatable bonds is 3. The van der Waals surface area contributed by atoms with E-state index in [1.165, 1.54) is 0 Å². The number of hydrogen-bond acceptors (Lipinski definition) is 3. The van der Waals surface area contributed by atoms with Crippen molar-refractivity contribution in [1.82, 2.24) is 0 Å². The average Bonchev–Trinajstić information content (AvgIpc) is 2.24. The fourth-order valence-corrected chi connectivity index (χ4v) is 1.56. The highest BCUT2D eigenvalue weighted by Crippen LogP contribution is 2.11. The fraction of sp³-hybridized carbons (Fsp3) is 0.308. The highest BCUT2D eigenvalue weighted by atomic mass is 28.3. The zero-order valence-electron chi connectivity index (χ0n) is 10.2. The van der Waals surface area contributed by atoms with Crippen molar-refractivity contribution in [3.63, 3.8) is 0 Å². The quantitative estimate of drug-likeness (QED) is 0.592. The molecule has 0 aliphatic heterocycles. The predicted molar refractivity (Wildman–Crippen MR) is 67.2 cm³/mol. The van der Waals surface area contributed by atoms with Gasteiger partial charge in [0.05, 0.1) is 5.97 Å². The Hall–Kier alpha value is -1.73. The normalized spacial score (nSPS) is 10.3. The van der Waals surface area contributed by atoms with Crippen molar-refractivity contribution >= 4 is 14.0 Å². The second kappa shape index (κ2) is 5.55. The third kappa shape index (κ3) is 5.78. The monoisotopic (exact) mass is 247 g/mol. The molecule has 0 saturated carbocycles. The van der Waals surface area contributed by atoms with Crippen LogP contribution in [0.1, 0.15) is 5.56 Å². The molecule has 0 aliphatic carbocycles. The van der Waals surface area contributed by atoms with Crippen LogP contribution < -0.4 is 9.84 Å². The molecule has 3 nitrogen and oxygen atoms in total. The second-order valence-electron chi connectivity index (χ2n) is 4.69. The number of carboxylic acids is 1. The van der Waals surface area contributed by atoms with E-state index in [1.807, 2.05) is 12.1 Å². The lowest BCUT2D eigenvalue weighted by Gasteiger charge is -2.06. The molecule has 0 spiro atoms. The number of aliphatic carboxylic acids is 1. The molecule has 0 heterocycles. The molecule has 90 valence electrons. The summed E-state index contributed by atoms with van der Waals surface area (Å²) < 4.78 is 4.97. The molecule has 1 rings (SSSR count). The molecule has 0 unspecified atom stereocenters. The Balaban J connectivity index is 2.67. The highest BCUT2D eigenvalue weighted by molar-refractivity contribution is 6.83. The van der Waals surface area contributed by atoms with Gasteiger partial charge < -0.3 is 14.6 Å². The summed E-state index contributed by atoms with van der Waals surface area (Å²) >= 11 is 0. The van der Waals surface area contributed by atoms with Crippen LogP contribution in [0.2, 0.25) is 19.6 Å². The van der Waals surface area contributed by atoms with Gasteiger partial charge in [-0.05, 0) is 24.3 Å². The summed E-state index contributed by atoms with van der Waals surface area (Å²) in [5.41, 5.74) is 4.16. The number of hydrogen-bond donors (Lipinski definition) is 0. The molecule has 17 heavy (non-hydrogen) atoms. The van der Waals surface area contributed by atoms with E-state index in [4.69, 9.17) is 4.74 Å². The van der Waals surface area contributed by atoms with Gasteiger partial charge in [-0.3, -0.25) is 0 Å². The lowest BCUT2D eigenvalue weighted by molar-refractivity contribution is -0.307. The topological polar surface area (TPSA) is 49.4 Å². The Morgan fingerprint density at radius 1 is 1.29 bits per heavy atom. The van der Waals surface area contributed by atoms with Gasteiger partial charge in [-0.15, -0.1) is 5.54 Å². The Morgan fingerprint density at radius 3 is 2.35 bits per heavy atom.